The van der Waals surface area contributed by atoms with Crippen molar-refractivity contribution in [2.24, 2.45) is 5.92 Å². The maximum absolute atomic E-state index is 13.3. The molecular formula is C28H25Cl2NO5. The predicted molar refractivity (Wildman–Crippen MR) is 141 cm³/mol. The summed E-state index contributed by atoms with van der Waals surface area (Å²) in [6, 6.07) is 15.0. The number of halogens is 2. The zero-order valence-corrected chi connectivity index (χ0v) is 21.5. The second-order valence-corrected chi connectivity index (χ2v) is 9.89. The average molecular weight is 526 g/mol. The van der Waals surface area contributed by atoms with E-state index in [0.717, 1.165) is 5.56 Å². The van der Waals surface area contributed by atoms with E-state index in [9.17, 15) is 19.8 Å². The van der Waals surface area contributed by atoms with Crippen molar-refractivity contribution in [3.8, 4) is 11.5 Å². The molecule has 2 N–H and O–H groups in total. The number of carbonyl (C=O) groups excluding carboxylic acids is 2. The van der Waals surface area contributed by atoms with Crippen LogP contribution in [0.1, 0.15) is 36.6 Å². The molecule has 3 aromatic rings. The molecule has 0 saturated carbocycles. The number of carbonyl (C=O) groups is 2. The standard InChI is InChI=1S/C28H25Cl2NO5/c1-15(2)14-36-23-11-5-18(12-16(23)3)26(33)24-25(17-4-10-22(32)21(30)13-17)31(28(35)27(24)34)20-8-6-19(29)7-9-20/h4-13,15,25,32-33H,14H2,1-3H3/b26-24-. The number of ketones is 1. The second kappa shape index (κ2) is 10.2. The maximum atomic E-state index is 13.3. The highest BCUT2D eigenvalue weighted by Crippen LogP contribution is 2.44. The van der Waals surface area contributed by atoms with E-state index in [1.54, 1.807) is 48.5 Å². The van der Waals surface area contributed by atoms with Crippen molar-refractivity contribution in [1.82, 2.24) is 0 Å². The van der Waals surface area contributed by atoms with Crippen LogP contribution >= 0.6 is 23.2 Å². The van der Waals surface area contributed by atoms with Crippen LogP contribution in [0.3, 0.4) is 0 Å². The molecule has 1 aliphatic rings. The molecule has 1 amide bonds. The van der Waals surface area contributed by atoms with Crippen LogP contribution in [-0.4, -0.2) is 28.5 Å². The number of aryl methyl sites for hydroxylation is 1. The number of benzene rings is 3. The Kier molecular flexibility index (Phi) is 7.29. The van der Waals surface area contributed by atoms with Crippen LogP contribution in [0.2, 0.25) is 10.0 Å². The summed E-state index contributed by atoms with van der Waals surface area (Å²) >= 11 is 12.2. The first-order chi connectivity index (χ1) is 17.1. The quantitative estimate of drug-likeness (QED) is 0.213. The van der Waals surface area contributed by atoms with Crippen LogP contribution in [-0.2, 0) is 9.59 Å². The number of amides is 1. The molecule has 0 aromatic heterocycles. The van der Waals surface area contributed by atoms with E-state index in [1.807, 2.05) is 20.8 Å². The van der Waals surface area contributed by atoms with Gasteiger partial charge in [-0.15, -0.1) is 0 Å². The number of aromatic hydroxyl groups is 1. The molecule has 4 rings (SSSR count). The van der Waals surface area contributed by atoms with E-state index in [4.69, 9.17) is 27.9 Å². The molecule has 0 aliphatic carbocycles. The fraction of sp³-hybridized carbons (Fsp3) is 0.214. The molecule has 36 heavy (non-hydrogen) atoms. The highest BCUT2D eigenvalue weighted by Gasteiger charge is 2.47. The van der Waals surface area contributed by atoms with Gasteiger partial charge in [-0.1, -0.05) is 43.1 Å². The molecule has 0 spiro atoms. The third-order valence-corrected chi connectivity index (χ3v) is 6.41. The monoisotopic (exact) mass is 525 g/mol. The molecular weight excluding hydrogens is 501 g/mol. The van der Waals surface area contributed by atoms with Gasteiger partial charge in [-0.3, -0.25) is 14.5 Å². The third kappa shape index (κ3) is 4.92. The molecule has 1 saturated heterocycles. The number of rotatable bonds is 6. The molecule has 1 heterocycles. The number of hydrogen-bond acceptors (Lipinski definition) is 5. The first kappa shape index (κ1) is 25.6. The lowest BCUT2D eigenvalue weighted by Gasteiger charge is -2.25. The molecule has 0 radical (unpaired) electrons. The van der Waals surface area contributed by atoms with Gasteiger partial charge in [-0.2, -0.15) is 0 Å². The van der Waals surface area contributed by atoms with Crippen LogP contribution in [0.15, 0.2) is 66.2 Å². The van der Waals surface area contributed by atoms with Crippen LogP contribution in [0.4, 0.5) is 5.69 Å². The van der Waals surface area contributed by atoms with Crippen molar-refractivity contribution in [2.75, 3.05) is 11.5 Å². The molecule has 1 aliphatic heterocycles. The number of Topliss-reactive ketones (excluding diaryl/α,β-unsaturated/α-hetero) is 1. The number of aliphatic hydroxyl groups is 1. The minimum absolute atomic E-state index is 0.0525. The summed E-state index contributed by atoms with van der Waals surface area (Å²) < 4.78 is 5.82. The fourth-order valence-electron chi connectivity index (χ4n) is 4.08. The number of anilines is 1. The average Bonchev–Trinajstić information content (AvgIpc) is 3.10. The van der Waals surface area contributed by atoms with E-state index in [-0.39, 0.29) is 22.1 Å². The van der Waals surface area contributed by atoms with Crippen molar-refractivity contribution in [2.45, 2.75) is 26.8 Å². The van der Waals surface area contributed by atoms with Gasteiger partial charge in [0.1, 0.15) is 17.3 Å². The van der Waals surface area contributed by atoms with Gasteiger partial charge in [-0.05, 0) is 78.6 Å². The Morgan fingerprint density at radius 2 is 1.72 bits per heavy atom. The van der Waals surface area contributed by atoms with E-state index in [1.165, 1.54) is 17.0 Å². The summed E-state index contributed by atoms with van der Waals surface area (Å²) in [4.78, 5) is 27.8. The van der Waals surface area contributed by atoms with Crippen LogP contribution in [0.25, 0.3) is 5.76 Å². The summed E-state index contributed by atoms with van der Waals surface area (Å²) in [5.74, 6) is -1.09. The Morgan fingerprint density at radius 3 is 2.33 bits per heavy atom. The summed E-state index contributed by atoms with van der Waals surface area (Å²) in [7, 11) is 0. The van der Waals surface area contributed by atoms with Crippen LogP contribution in [0, 0.1) is 12.8 Å². The van der Waals surface area contributed by atoms with E-state index < -0.39 is 17.7 Å². The van der Waals surface area contributed by atoms with E-state index in [0.29, 0.717) is 40.1 Å². The molecule has 0 bridgehead atoms. The Hall–Kier alpha value is -3.48. The molecule has 3 aromatic carbocycles. The Morgan fingerprint density at radius 1 is 1.03 bits per heavy atom. The Balaban J connectivity index is 1.87. The van der Waals surface area contributed by atoms with Crippen LogP contribution < -0.4 is 9.64 Å². The van der Waals surface area contributed by atoms with E-state index >= 15 is 0 Å². The van der Waals surface area contributed by atoms with Gasteiger partial charge in [-0.25, -0.2) is 0 Å². The smallest absolute Gasteiger partial charge is 0.300 e. The van der Waals surface area contributed by atoms with E-state index in [2.05, 4.69) is 0 Å². The highest BCUT2D eigenvalue weighted by atomic mass is 35.5. The summed E-state index contributed by atoms with van der Waals surface area (Å²) in [5, 5.41) is 21.8. The van der Waals surface area contributed by atoms with Crippen molar-refractivity contribution in [3.63, 3.8) is 0 Å². The Bertz CT molecular complexity index is 1360. The van der Waals surface area contributed by atoms with Crippen molar-refractivity contribution >= 4 is 46.3 Å². The predicted octanol–water partition coefficient (Wildman–Crippen LogP) is 6.67. The minimum atomic E-state index is -0.985. The number of ether oxygens (including phenoxy) is 1. The highest BCUT2D eigenvalue weighted by molar-refractivity contribution is 6.51. The maximum Gasteiger partial charge on any atom is 0.300 e. The summed E-state index contributed by atoms with van der Waals surface area (Å²) in [6.45, 7) is 6.48. The first-order valence-electron chi connectivity index (χ1n) is 11.4. The van der Waals surface area contributed by atoms with Gasteiger partial charge in [0, 0.05) is 16.3 Å². The van der Waals surface area contributed by atoms with Crippen molar-refractivity contribution in [1.29, 1.82) is 0 Å². The van der Waals surface area contributed by atoms with Gasteiger partial charge >= 0.3 is 0 Å². The number of nitrogens with zero attached hydrogens (tertiary/aromatic N) is 1. The van der Waals surface area contributed by atoms with Gasteiger partial charge in [0.2, 0.25) is 0 Å². The Labute approximate surface area is 219 Å². The zero-order valence-electron chi connectivity index (χ0n) is 20.0. The lowest BCUT2D eigenvalue weighted by molar-refractivity contribution is -0.132. The molecule has 8 heteroatoms. The second-order valence-electron chi connectivity index (χ2n) is 9.04. The number of aliphatic hydroxyl groups excluding tert-OH is 1. The molecule has 6 nitrogen and oxygen atoms in total. The van der Waals surface area contributed by atoms with Crippen LogP contribution in [0.5, 0.6) is 11.5 Å². The van der Waals surface area contributed by atoms with Gasteiger partial charge in [0.15, 0.2) is 0 Å². The first-order valence-corrected chi connectivity index (χ1v) is 12.1. The normalized spacial score (nSPS) is 17.2. The van der Waals surface area contributed by atoms with Gasteiger partial charge < -0.3 is 14.9 Å². The largest absolute Gasteiger partial charge is 0.507 e. The van der Waals surface area contributed by atoms with Crippen molar-refractivity contribution in [3.05, 3.63) is 93.0 Å². The molecule has 1 fully saturated rings. The van der Waals surface area contributed by atoms with Gasteiger partial charge in [0.05, 0.1) is 23.2 Å². The lowest BCUT2D eigenvalue weighted by Crippen LogP contribution is -2.29. The lowest BCUT2D eigenvalue weighted by atomic mass is 9.94. The SMILES string of the molecule is Cc1cc(/C(O)=C2/C(=O)C(=O)N(c3ccc(Cl)cc3)C2c2ccc(O)c(Cl)c2)ccc1OCC(C)C. The topological polar surface area (TPSA) is 87.1 Å². The van der Waals surface area contributed by atoms with Crippen molar-refractivity contribution < 1.29 is 24.5 Å². The number of phenolic OH excluding ortho intramolecular Hbond substituents is 1. The number of hydrogen-bond donors (Lipinski definition) is 2. The summed E-state index contributed by atoms with van der Waals surface area (Å²) in [5.41, 5.74) is 1.92. The van der Waals surface area contributed by atoms with Gasteiger partial charge in [0.25, 0.3) is 11.7 Å². The fourth-order valence-corrected chi connectivity index (χ4v) is 4.39. The number of phenols is 1. The third-order valence-electron chi connectivity index (χ3n) is 5.86. The molecule has 1 atom stereocenters. The molecule has 1 unspecified atom stereocenters. The molecule has 186 valence electrons. The minimum Gasteiger partial charge on any atom is -0.507 e. The zero-order chi connectivity index (χ0) is 26.1. The summed E-state index contributed by atoms with van der Waals surface area (Å²) in [6.07, 6.45) is 0.